The van der Waals surface area contributed by atoms with Crippen molar-refractivity contribution in [2.24, 2.45) is 0 Å². The van der Waals surface area contributed by atoms with E-state index in [4.69, 9.17) is 4.74 Å². The Bertz CT molecular complexity index is 611. The molecule has 0 radical (unpaired) electrons. The Balaban J connectivity index is 1.80. The highest BCUT2D eigenvalue weighted by Crippen LogP contribution is 2.28. The first-order valence-electron chi connectivity index (χ1n) is 7.33. The predicted molar refractivity (Wildman–Crippen MR) is 79.2 cm³/mol. The molecule has 2 heterocycles. The number of aromatic nitrogens is 1. The molecule has 0 bridgehead atoms. The number of rotatable bonds is 5. The van der Waals surface area contributed by atoms with E-state index in [0.29, 0.717) is 0 Å². The van der Waals surface area contributed by atoms with E-state index >= 15 is 0 Å². The van der Waals surface area contributed by atoms with Crippen LogP contribution < -0.4 is 4.74 Å². The van der Waals surface area contributed by atoms with E-state index in [2.05, 4.69) is 4.98 Å². The van der Waals surface area contributed by atoms with Gasteiger partial charge in [0.2, 0.25) is 0 Å². The number of hydrogen-bond acceptors (Lipinski definition) is 2. The van der Waals surface area contributed by atoms with Gasteiger partial charge in [-0.05, 0) is 49.6 Å². The minimum absolute atomic E-state index is 0.115. The van der Waals surface area contributed by atoms with Gasteiger partial charge in [0.1, 0.15) is 5.75 Å². The van der Waals surface area contributed by atoms with Gasteiger partial charge in [0.25, 0.3) is 6.43 Å². The molecule has 0 amide bonds. The molecule has 1 aromatic heterocycles. The zero-order valence-corrected chi connectivity index (χ0v) is 12.1. The molecule has 1 atom stereocenters. The Morgan fingerprint density at radius 2 is 2.29 bits per heavy atom. The maximum absolute atomic E-state index is 12.6. The standard InChI is InChI=1S/C16H20F2N2O/c1-21-13-4-5-15-14(8-13)11(9-19-15)7-12-3-2-6-20(12)10-16(17)18/h4-5,8-9,12,16,19H,2-3,6-7,10H2,1H3. The van der Waals surface area contributed by atoms with Crippen molar-refractivity contribution in [2.45, 2.75) is 31.7 Å². The van der Waals surface area contributed by atoms with Gasteiger partial charge >= 0.3 is 0 Å². The molecule has 21 heavy (non-hydrogen) atoms. The Morgan fingerprint density at radius 1 is 1.43 bits per heavy atom. The summed E-state index contributed by atoms with van der Waals surface area (Å²) >= 11 is 0. The van der Waals surface area contributed by atoms with E-state index in [0.717, 1.165) is 42.5 Å². The van der Waals surface area contributed by atoms with Gasteiger partial charge in [-0.15, -0.1) is 0 Å². The van der Waals surface area contributed by atoms with E-state index in [1.165, 1.54) is 5.56 Å². The summed E-state index contributed by atoms with van der Waals surface area (Å²) in [5.74, 6) is 0.819. The number of ether oxygens (including phenoxy) is 1. The molecule has 1 aromatic carbocycles. The predicted octanol–water partition coefficient (Wildman–Crippen LogP) is 3.45. The number of fused-ring (bicyclic) bond motifs is 1. The quantitative estimate of drug-likeness (QED) is 0.915. The monoisotopic (exact) mass is 294 g/mol. The van der Waals surface area contributed by atoms with Gasteiger partial charge in [-0.1, -0.05) is 0 Å². The Labute approximate surface area is 122 Å². The molecule has 1 fully saturated rings. The van der Waals surface area contributed by atoms with Crippen molar-refractivity contribution < 1.29 is 13.5 Å². The molecule has 1 N–H and O–H groups in total. The average Bonchev–Trinajstić information content (AvgIpc) is 3.06. The molecule has 1 saturated heterocycles. The summed E-state index contributed by atoms with van der Waals surface area (Å²) in [6.07, 6.45) is 2.53. The summed E-state index contributed by atoms with van der Waals surface area (Å²) < 4.78 is 30.5. The first-order chi connectivity index (χ1) is 10.2. The van der Waals surface area contributed by atoms with Crippen molar-refractivity contribution in [3.05, 3.63) is 30.0 Å². The number of likely N-dealkylation sites (tertiary alicyclic amines) is 1. The molecule has 0 aliphatic carbocycles. The normalized spacial score (nSPS) is 19.7. The van der Waals surface area contributed by atoms with Crippen molar-refractivity contribution in [3.8, 4) is 5.75 Å². The van der Waals surface area contributed by atoms with Gasteiger partial charge < -0.3 is 9.72 Å². The number of alkyl halides is 2. The summed E-state index contributed by atoms with van der Waals surface area (Å²) in [4.78, 5) is 5.17. The lowest BCUT2D eigenvalue weighted by atomic mass is 10.0. The lowest BCUT2D eigenvalue weighted by molar-refractivity contribution is 0.0823. The van der Waals surface area contributed by atoms with E-state index in [9.17, 15) is 8.78 Å². The number of nitrogens with zero attached hydrogens (tertiary/aromatic N) is 1. The fourth-order valence-corrected chi connectivity index (χ4v) is 3.25. The molecule has 0 saturated carbocycles. The van der Waals surface area contributed by atoms with Gasteiger partial charge in [0.05, 0.1) is 13.7 Å². The van der Waals surface area contributed by atoms with Gasteiger partial charge in [-0.25, -0.2) is 8.78 Å². The SMILES string of the molecule is COc1ccc2[nH]cc(CC3CCCN3CC(F)F)c2c1. The Hall–Kier alpha value is -1.62. The number of benzene rings is 1. The van der Waals surface area contributed by atoms with Gasteiger partial charge in [0, 0.05) is 23.1 Å². The van der Waals surface area contributed by atoms with Crippen molar-refractivity contribution in [2.75, 3.05) is 20.2 Å². The highest BCUT2D eigenvalue weighted by Gasteiger charge is 2.27. The van der Waals surface area contributed by atoms with E-state index < -0.39 is 6.43 Å². The van der Waals surface area contributed by atoms with Crippen LogP contribution in [0.5, 0.6) is 5.75 Å². The van der Waals surface area contributed by atoms with Crippen molar-refractivity contribution in [3.63, 3.8) is 0 Å². The second kappa shape index (κ2) is 6.02. The average molecular weight is 294 g/mol. The van der Waals surface area contributed by atoms with Crippen LogP contribution in [0.15, 0.2) is 24.4 Å². The lowest BCUT2D eigenvalue weighted by Gasteiger charge is -2.23. The van der Waals surface area contributed by atoms with E-state index in [-0.39, 0.29) is 12.6 Å². The molecule has 2 aromatic rings. The zero-order chi connectivity index (χ0) is 14.8. The summed E-state index contributed by atoms with van der Waals surface area (Å²) in [5.41, 5.74) is 2.24. The molecule has 0 spiro atoms. The third-order valence-electron chi connectivity index (χ3n) is 4.30. The molecular weight excluding hydrogens is 274 g/mol. The van der Waals surface area contributed by atoms with Crippen molar-refractivity contribution in [1.82, 2.24) is 9.88 Å². The molecule has 114 valence electrons. The van der Waals surface area contributed by atoms with Gasteiger partial charge in [-0.2, -0.15) is 0 Å². The number of aromatic amines is 1. The second-order valence-electron chi connectivity index (χ2n) is 5.61. The molecule has 1 aliphatic heterocycles. The van der Waals surface area contributed by atoms with Crippen LogP contribution in [0, 0.1) is 0 Å². The first kappa shape index (κ1) is 14.3. The topological polar surface area (TPSA) is 28.3 Å². The maximum atomic E-state index is 12.6. The summed E-state index contributed by atoms with van der Waals surface area (Å²) in [6, 6.07) is 6.13. The third kappa shape index (κ3) is 3.02. The van der Waals surface area contributed by atoms with Crippen molar-refractivity contribution >= 4 is 10.9 Å². The molecule has 1 aliphatic rings. The summed E-state index contributed by atoms with van der Waals surface area (Å²) in [5, 5.41) is 1.12. The minimum Gasteiger partial charge on any atom is -0.497 e. The fraction of sp³-hybridized carbons (Fsp3) is 0.500. The van der Waals surface area contributed by atoms with Crippen LogP contribution in [-0.4, -0.2) is 42.6 Å². The number of H-pyrrole nitrogens is 1. The molecule has 5 heteroatoms. The zero-order valence-electron chi connectivity index (χ0n) is 12.1. The largest absolute Gasteiger partial charge is 0.497 e. The third-order valence-corrected chi connectivity index (χ3v) is 4.30. The van der Waals surface area contributed by atoms with Crippen molar-refractivity contribution in [1.29, 1.82) is 0 Å². The minimum atomic E-state index is -2.26. The smallest absolute Gasteiger partial charge is 0.251 e. The first-order valence-corrected chi connectivity index (χ1v) is 7.33. The van der Waals surface area contributed by atoms with Crippen LogP contribution in [0.25, 0.3) is 10.9 Å². The van der Waals surface area contributed by atoms with Crippen LogP contribution in [0.4, 0.5) is 8.78 Å². The van der Waals surface area contributed by atoms with Crippen LogP contribution >= 0.6 is 0 Å². The van der Waals surface area contributed by atoms with E-state index in [1.807, 2.05) is 29.3 Å². The molecule has 1 unspecified atom stereocenters. The summed E-state index contributed by atoms with van der Waals surface area (Å²) in [6.45, 7) is 0.664. The van der Waals surface area contributed by atoms with E-state index in [1.54, 1.807) is 7.11 Å². The second-order valence-corrected chi connectivity index (χ2v) is 5.61. The lowest BCUT2D eigenvalue weighted by Crippen LogP contribution is -2.34. The van der Waals surface area contributed by atoms with Crippen LogP contribution in [0.3, 0.4) is 0 Å². The van der Waals surface area contributed by atoms with Crippen LogP contribution in [-0.2, 0) is 6.42 Å². The Morgan fingerprint density at radius 3 is 3.05 bits per heavy atom. The number of methoxy groups -OCH3 is 1. The maximum Gasteiger partial charge on any atom is 0.251 e. The van der Waals surface area contributed by atoms with Crippen LogP contribution in [0.1, 0.15) is 18.4 Å². The number of halogens is 2. The Kier molecular flexibility index (Phi) is 4.10. The fourth-order valence-electron chi connectivity index (χ4n) is 3.25. The highest BCUT2D eigenvalue weighted by molar-refractivity contribution is 5.84. The molecule has 3 nitrogen and oxygen atoms in total. The molecule has 3 rings (SSSR count). The number of nitrogens with one attached hydrogen (secondary N) is 1. The summed E-state index contributed by atoms with van der Waals surface area (Å²) in [7, 11) is 1.65. The number of hydrogen-bond donors (Lipinski definition) is 1. The highest BCUT2D eigenvalue weighted by atomic mass is 19.3. The van der Waals surface area contributed by atoms with Gasteiger partial charge in [-0.3, -0.25) is 4.90 Å². The van der Waals surface area contributed by atoms with Crippen LogP contribution in [0.2, 0.25) is 0 Å². The van der Waals surface area contributed by atoms with Gasteiger partial charge in [0.15, 0.2) is 0 Å². The molecular formula is C16H20F2N2O.